The highest BCUT2D eigenvalue weighted by Crippen LogP contribution is 2.30. The first-order chi connectivity index (χ1) is 9.06. The first kappa shape index (κ1) is 14.2. The Morgan fingerprint density at radius 3 is 3.00 bits per heavy atom. The third kappa shape index (κ3) is 3.23. The highest BCUT2D eigenvalue weighted by Gasteiger charge is 2.35. The van der Waals surface area contributed by atoms with Crippen molar-refractivity contribution < 1.29 is 14.4 Å². The average molecular weight is 331 g/mol. The number of rotatable bonds is 5. The number of ether oxygens (including phenoxy) is 2. The molecular formula is C12H15BrN2O4. The normalized spacial score (nSPS) is 22.4. The van der Waals surface area contributed by atoms with Crippen molar-refractivity contribution in [3.63, 3.8) is 0 Å². The molecule has 1 aromatic carbocycles. The molecule has 1 fully saturated rings. The summed E-state index contributed by atoms with van der Waals surface area (Å²) < 4.78 is 11.5. The Morgan fingerprint density at radius 2 is 2.42 bits per heavy atom. The van der Waals surface area contributed by atoms with Gasteiger partial charge in [0.25, 0.3) is 5.69 Å². The molecule has 1 N–H and O–H groups in total. The van der Waals surface area contributed by atoms with Crippen molar-refractivity contribution in [1.82, 2.24) is 0 Å². The van der Waals surface area contributed by atoms with E-state index in [2.05, 4.69) is 21.2 Å². The molecule has 1 heterocycles. The number of methoxy groups -OCH3 is 1. The van der Waals surface area contributed by atoms with Gasteiger partial charge in [0.2, 0.25) is 0 Å². The van der Waals surface area contributed by atoms with E-state index in [0.29, 0.717) is 29.9 Å². The molecule has 0 aromatic heterocycles. The van der Waals surface area contributed by atoms with Crippen molar-refractivity contribution in [3.8, 4) is 0 Å². The van der Waals surface area contributed by atoms with Crippen molar-refractivity contribution in [3.05, 3.63) is 32.8 Å². The molecule has 1 aromatic rings. The Labute approximate surface area is 119 Å². The van der Waals surface area contributed by atoms with Gasteiger partial charge in [-0.1, -0.05) is 15.9 Å². The molecule has 104 valence electrons. The lowest BCUT2D eigenvalue weighted by molar-refractivity contribution is -0.384. The number of nitro groups is 1. The zero-order valence-corrected chi connectivity index (χ0v) is 12.1. The second-order valence-corrected chi connectivity index (χ2v) is 5.38. The summed E-state index contributed by atoms with van der Waals surface area (Å²) in [6.45, 7) is 1.63. The molecule has 0 spiro atoms. The second-order valence-electron chi connectivity index (χ2n) is 4.46. The van der Waals surface area contributed by atoms with E-state index in [1.807, 2.05) is 0 Å². The molecule has 0 aliphatic carbocycles. The van der Waals surface area contributed by atoms with E-state index in [9.17, 15) is 10.1 Å². The molecular weight excluding hydrogens is 316 g/mol. The van der Waals surface area contributed by atoms with Crippen LogP contribution in [0.15, 0.2) is 22.7 Å². The van der Waals surface area contributed by atoms with Crippen molar-refractivity contribution in [1.29, 1.82) is 0 Å². The van der Waals surface area contributed by atoms with Crippen LogP contribution in [0.5, 0.6) is 0 Å². The highest BCUT2D eigenvalue weighted by molar-refractivity contribution is 9.10. The van der Waals surface area contributed by atoms with Gasteiger partial charge >= 0.3 is 0 Å². The van der Waals surface area contributed by atoms with Crippen LogP contribution in [0, 0.1) is 10.1 Å². The fourth-order valence-electron chi connectivity index (χ4n) is 2.02. The summed E-state index contributed by atoms with van der Waals surface area (Å²) >= 11 is 3.23. The Hall–Kier alpha value is -1.18. The maximum absolute atomic E-state index is 11.0. The molecule has 19 heavy (non-hydrogen) atoms. The first-order valence-electron chi connectivity index (χ1n) is 5.87. The number of hydrogen-bond donors (Lipinski definition) is 1. The van der Waals surface area contributed by atoms with Crippen molar-refractivity contribution in [2.45, 2.75) is 12.0 Å². The van der Waals surface area contributed by atoms with Crippen LogP contribution < -0.4 is 5.32 Å². The summed E-state index contributed by atoms with van der Waals surface area (Å²) in [6.07, 6.45) is 0.779. The zero-order valence-electron chi connectivity index (χ0n) is 10.5. The molecule has 1 unspecified atom stereocenters. The van der Waals surface area contributed by atoms with E-state index < -0.39 is 10.5 Å². The lowest BCUT2D eigenvalue weighted by atomic mass is 10.0. The standard InChI is InChI=1S/C12H15BrN2O4/c1-18-12(4-5-19-8-12)7-14-10-3-2-9(13)6-11(10)15(16)17/h2-3,6,14H,4-5,7-8H2,1H3. The molecule has 0 radical (unpaired) electrons. The van der Waals surface area contributed by atoms with Crippen LogP contribution in [0.2, 0.25) is 0 Å². The minimum atomic E-state index is -0.405. The Kier molecular flexibility index (Phi) is 4.38. The minimum absolute atomic E-state index is 0.0412. The van der Waals surface area contributed by atoms with Crippen LogP contribution in [0.3, 0.4) is 0 Å². The maximum atomic E-state index is 11.0. The third-order valence-electron chi connectivity index (χ3n) is 3.26. The largest absolute Gasteiger partial charge is 0.378 e. The van der Waals surface area contributed by atoms with Gasteiger partial charge in [0, 0.05) is 37.2 Å². The number of halogens is 1. The molecule has 1 aliphatic rings. The van der Waals surface area contributed by atoms with E-state index in [1.54, 1.807) is 19.2 Å². The van der Waals surface area contributed by atoms with Gasteiger partial charge in [-0.3, -0.25) is 10.1 Å². The van der Waals surface area contributed by atoms with Crippen LogP contribution >= 0.6 is 15.9 Å². The molecule has 0 saturated carbocycles. The van der Waals surface area contributed by atoms with Crippen LogP contribution in [0.1, 0.15) is 6.42 Å². The van der Waals surface area contributed by atoms with Gasteiger partial charge in [0.15, 0.2) is 0 Å². The average Bonchev–Trinajstić information content (AvgIpc) is 2.86. The quantitative estimate of drug-likeness (QED) is 0.663. The van der Waals surface area contributed by atoms with E-state index in [0.717, 1.165) is 6.42 Å². The Morgan fingerprint density at radius 1 is 1.63 bits per heavy atom. The number of nitrogens with one attached hydrogen (secondary N) is 1. The number of hydrogen-bond acceptors (Lipinski definition) is 5. The van der Waals surface area contributed by atoms with Crippen molar-refractivity contribution >= 4 is 27.3 Å². The highest BCUT2D eigenvalue weighted by atomic mass is 79.9. The van der Waals surface area contributed by atoms with E-state index in [-0.39, 0.29) is 5.69 Å². The predicted octanol–water partition coefficient (Wildman–Crippen LogP) is 2.57. The molecule has 1 aliphatic heterocycles. The number of nitro benzene ring substituents is 1. The topological polar surface area (TPSA) is 73.6 Å². The monoisotopic (exact) mass is 330 g/mol. The molecule has 2 rings (SSSR count). The lowest BCUT2D eigenvalue weighted by Crippen LogP contribution is -2.39. The number of benzene rings is 1. The molecule has 1 atom stereocenters. The number of nitrogens with zero attached hydrogens (tertiary/aromatic N) is 1. The number of anilines is 1. The lowest BCUT2D eigenvalue weighted by Gasteiger charge is -2.26. The third-order valence-corrected chi connectivity index (χ3v) is 3.75. The summed E-state index contributed by atoms with van der Waals surface area (Å²) in [5, 5.41) is 14.1. The first-order valence-corrected chi connectivity index (χ1v) is 6.66. The summed E-state index contributed by atoms with van der Waals surface area (Å²) in [4.78, 5) is 10.6. The van der Waals surface area contributed by atoms with Crippen molar-refractivity contribution in [2.75, 3.05) is 32.2 Å². The summed E-state index contributed by atoms with van der Waals surface area (Å²) in [7, 11) is 1.63. The molecule has 0 bridgehead atoms. The van der Waals surface area contributed by atoms with Crippen LogP contribution in [0.4, 0.5) is 11.4 Å². The van der Waals surface area contributed by atoms with E-state index >= 15 is 0 Å². The van der Waals surface area contributed by atoms with Crippen LogP contribution in [-0.4, -0.2) is 37.4 Å². The molecule has 1 saturated heterocycles. The van der Waals surface area contributed by atoms with E-state index in [1.165, 1.54) is 6.07 Å². The SMILES string of the molecule is COC1(CNc2ccc(Br)cc2[N+](=O)[O-])CCOC1. The summed E-state index contributed by atoms with van der Waals surface area (Å²) in [5.74, 6) is 0. The maximum Gasteiger partial charge on any atom is 0.293 e. The fourth-order valence-corrected chi connectivity index (χ4v) is 2.37. The van der Waals surface area contributed by atoms with Gasteiger partial charge in [-0.05, 0) is 12.1 Å². The van der Waals surface area contributed by atoms with E-state index in [4.69, 9.17) is 9.47 Å². The molecule has 6 nitrogen and oxygen atoms in total. The predicted molar refractivity (Wildman–Crippen MR) is 74.5 cm³/mol. The van der Waals surface area contributed by atoms with Gasteiger partial charge in [-0.25, -0.2) is 0 Å². The molecule has 0 amide bonds. The van der Waals surface area contributed by atoms with Crippen LogP contribution in [-0.2, 0) is 9.47 Å². The summed E-state index contributed by atoms with van der Waals surface area (Å²) in [5.41, 5.74) is 0.122. The molecule has 7 heteroatoms. The zero-order chi connectivity index (χ0) is 13.9. The Bertz CT molecular complexity index is 475. The van der Waals surface area contributed by atoms with Gasteiger partial charge in [-0.15, -0.1) is 0 Å². The Balaban J connectivity index is 2.13. The van der Waals surface area contributed by atoms with Crippen LogP contribution in [0.25, 0.3) is 0 Å². The van der Waals surface area contributed by atoms with Gasteiger partial charge in [0.1, 0.15) is 11.3 Å². The van der Waals surface area contributed by atoms with Gasteiger partial charge in [0.05, 0.1) is 11.5 Å². The second kappa shape index (κ2) is 5.85. The van der Waals surface area contributed by atoms with Gasteiger partial charge < -0.3 is 14.8 Å². The minimum Gasteiger partial charge on any atom is -0.378 e. The smallest absolute Gasteiger partial charge is 0.293 e. The van der Waals surface area contributed by atoms with Crippen molar-refractivity contribution in [2.24, 2.45) is 0 Å². The van der Waals surface area contributed by atoms with Gasteiger partial charge in [-0.2, -0.15) is 0 Å². The fraction of sp³-hybridized carbons (Fsp3) is 0.500. The summed E-state index contributed by atoms with van der Waals surface area (Å²) in [6, 6.07) is 4.92.